The highest BCUT2D eigenvalue weighted by molar-refractivity contribution is 6.32. The molecule has 0 saturated heterocycles. The molecule has 0 aliphatic carbocycles. The largest absolute Gasteiger partial charge is 0.474 e. The average Bonchev–Trinajstić information content (AvgIpc) is 0.809. The van der Waals surface area contributed by atoms with E-state index in [9.17, 15) is 37.2 Å². The third-order valence-electron chi connectivity index (χ3n) is 15.9. The van der Waals surface area contributed by atoms with Crippen LogP contribution in [0.5, 0.6) is 23.5 Å². The molecular weight excluding hydrogens is 1340 g/mol. The quantitative estimate of drug-likeness (QED) is 0.0913. The highest BCUT2D eigenvalue weighted by atomic mass is 35.5. The van der Waals surface area contributed by atoms with Crippen molar-refractivity contribution in [2.45, 2.75) is 54.1 Å². The maximum atomic E-state index is 13.8. The molecule has 0 saturated carbocycles. The fourth-order valence-electron chi connectivity index (χ4n) is 10.8. The van der Waals surface area contributed by atoms with Gasteiger partial charge in [-0.05, 0) is 147 Å². The van der Waals surface area contributed by atoms with E-state index in [0.717, 1.165) is 50.1 Å². The molecule has 9 aromatic carbocycles. The van der Waals surface area contributed by atoms with Crippen molar-refractivity contribution in [2.75, 3.05) is 0 Å². The first kappa shape index (κ1) is 70.6. The summed E-state index contributed by atoms with van der Waals surface area (Å²) in [5, 5.41) is 41.6. The number of aromatic nitrogens is 4. The van der Waals surface area contributed by atoms with Gasteiger partial charge in [0.1, 0.15) is 90.7 Å². The van der Waals surface area contributed by atoms with E-state index in [1.807, 2.05) is 130 Å². The van der Waals surface area contributed by atoms with Crippen molar-refractivity contribution >= 4 is 77.9 Å². The molecule has 0 bridgehead atoms. The van der Waals surface area contributed by atoms with Crippen molar-refractivity contribution in [3.63, 3.8) is 0 Å². The number of nitrogens with zero attached hydrogens (tertiary/aromatic N) is 5. The molecule has 13 rings (SSSR count). The molecule has 15 nitrogen and oxygen atoms in total. The Hall–Kier alpha value is -12.2. The Morgan fingerprint density at radius 1 is 0.390 bits per heavy atom. The van der Waals surface area contributed by atoms with Gasteiger partial charge >= 0.3 is 0 Å². The van der Waals surface area contributed by atoms with Gasteiger partial charge in [-0.25, -0.2) is 22.5 Å². The van der Waals surface area contributed by atoms with Gasteiger partial charge < -0.3 is 18.9 Å². The van der Waals surface area contributed by atoms with E-state index in [1.165, 1.54) is 66.7 Å². The summed E-state index contributed by atoms with van der Waals surface area (Å²) in [6, 6.07) is 57.9. The average molecular weight is 1400 g/mol. The molecule has 0 aliphatic heterocycles. The maximum absolute atomic E-state index is 13.8. The number of pyridine rings is 4. The lowest BCUT2D eigenvalue weighted by atomic mass is 10.0. The Morgan fingerprint density at radius 2 is 0.790 bits per heavy atom. The number of benzene rings is 9. The number of nitrogens with one attached hydrogen (secondary N) is 3. The summed E-state index contributed by atoms with van der Waals surface area (Å²) in [6.45, 7) is 8.08. The second kappa shape index (κ2) is 31.8. The maximum Gasteiger partial charge on any atom is 0.269 e. The molecule has 4 heterocycles. The number of aromatic amines is 3. The number of nitriles is 4. The summed E-state index contributed by atoms with van der Waals surface area (Å²) in [5.74, 6) is -1.22. The molecule has 3 N–H and O–H groups in total. The Morgan fingerprint density at radius 3 is 1.23 bits per heavy atom. The minimum absolute atomic E-state index is 0.0775. The fourth-order valence-corrected chi connectivity index (χ4v) is 11.5. The van der Waals surface area contributed by atoms with Crippen LogP contribution in [0.1, 0.15) is 66.9 Å². The number of halogens is 7. The van der Waals surface area contributed by atoms with Gasteiger partial charge in [0.15, 0.2) is 0 Å². The van der Waals surface area contributed by atoms with Gasteiger partial charge in [-0.2, -0.15) is 21.0 Å². The van der Waals surface area contributed by atoms with Gasteiger partial charge in [0.2, 0.25) is 23.5 Å². The van der Waals surface area contributed by atoms with E-state index >= 15 is 0 Å². The highest BCUT2D eigenvalue weighted by Gasteiger charge is 2.19. The number of fused-ring (bicyclic) bond motifs is 4. The normalized spacial score (nSPS) is 10.6. The minimum Gasteiger partial charge on any atom is -0.474 e. The first-order chi connectivity index (χ1) is 48.2. The zero-order valence-corrected chi connectivity index (χ0v) is 55.7. The molecule has 0 fully saturated rings. The summed E-state index contributed by atoms with van der Waals surface area (Å²) in [6.07, 6.45) is 0. The standard InChI is InChI=1S/C24H17FN2O.3C18H12ClFN2O2/c1-16-23(14-26)21-12-11-19(25)13-22(21)24(27-16)28-15-18-9-5-6-10-20(18)17-7-3-2-4-8-17;1-10-2-5-16(19)11(6-10)9-24-18-14-7-12(20)3-4-13(14)15(8-21)17(23)22-18;2*1-10-3-2-4-16(19)15(10)9-24-18-13-7-11(20)5-6-12(13)14(8-21)17(23)22-18/h2-13H,15H2,1H3;3*2-7H,9H2,1H3,(H,22,23). The van der Waals surface area contributed by atoms with E-state index in [0.29, 0.717) is 75.3 Å². The second-order valence-electron chi connectivity index (χ2n) is 22.4. The summed E-state index contributed by atoms with van der Waals surface area (Å²) in [5.41, 5.74) is 7.38. The van der Waals surface area contributed by atoms with Gasteiger partial charge in [-0.15, -0.1) is 0 Å². The SMILES string of the molecule is Cc1ccc(Cl)c(COc2[nH]c(=O)c(C#N)c3ccc(F)cc23)c1.Cc1cccc(Cl)c1COc1[nH]c(=O)c(C#N)c2ccc(F)cc12.Cc1cccc(Cl)c1COc1[nH]c(=O)c(C#N)c2ccc(F)cc12.Cc1nc(OCc2ccccc2-c2ccccc2)c2cc(F)ccc2c1C#N. The Kier molecular flexibility index (Phi) is 22.4. The molecule has 0 amide bonds. The second-order valence-corrected chi connectivity index (χ2v) is 23.6. The van der Waals surface area contributed by atoms with Crippen LogP contribution in [0.4, 0.5) is 17.6 Å². The Balaban J connectivity index is 0.000000144. The summed E-state index contributed by atoms with van der Waals surface area (Å²) >= 11 is 18.5. The van der Waals surface area contributed by atoms with Crippen molar-refractivity contribution in [1.82, 2.24) is 19.9 Å². The van der Waals surface area contributed by atoms with Crippen molar-refractivity contribution in [1.29, 1.82) is 21.0 Å². The van der Waals surface area contributed by atoms with Crippen molar-refractivity contribution < 1.29 is 36.5 Å². The van der Waals surface area contributed by atoms with E-state index in [-0.39, 0.29) is 60.8 Å². The number of hydrogen-bond donors (Lipinski definition) is 3. The summed E-state index contributed by atoms with van der Waals surface area (Å²) in [7, 11) is 0. The summed E-state index contributed by atoms with van der Waals surface area (Å²) in [4.78, 5) is 48.0. The lowest BCUT2D eigenvalue weighted by Crippen LogP contribution is -2.13. The van der Waals surface area contributed by atoms with E-state index < -0.39 is 39.9 Å². The zero-order chi connectivity index (χ0) is 71.3. The molecule has 0 radical (unpaired) electrons. The third kappa shape index (κ3) is 16.1. The predicted molar refractivity (Wildman–Crippen MR) is 377 cm³/mol. The Bertz CT molecular complexity index is 5500. The molecule has 496 valence electrons. The predicted octanol–water partition coefficient (Wildman–Crippen LogP) is 18.0. The van der Waals surface area contributed by atoms with E-state index in [2.05, 4.69) is 26.0 Å². The van der Waals surface area contributed by atoms with Crippen LogP contribution in [-0.2, 0) is 26.4 Å². The molecule has 100 heavy (non-hydrogen) atoms. The van der Waals surface area contributed by atoms with Crippen LogP contribution >= 0.6 is 34.8 Å². The first-order valence-corrected chi connectivity index (χ1v) is 31.5. The van der Waals surface area contributed by atoms with Gasteiger partial charge in [0.25, 0.3) is 16.7 Å². The number of ether oxygens (including phenoxy) is 4. The lowest BCUT2D eigenvalue weighted by Gasteiger charge is -2.14. The number of H-pyrrole nitrogens is 3. The topological polar surface area (TPSA) is 244 Å². The molecule has 4 aromatic heterocycles. The van der Waals surface area contributed by atoms with Gasteiger partial charge in [-0.3, -0.25) is 29.3 Å². The van der Waals surface area contributed by atoms with Crippen LogP contribution in [0.15, 0.2) is 196 Å². The fraction of sp³-hybridized carbons (Fsp3) is 0.103. The van der Waals surface area contributed by atoms with Crippen LogP contribution in [0.25, 0.3) is 54.2 Å². The van der Waals surface area contributed by atoms with Crippen molar-refractivity contribution in [3.8, 4) is 58.9 Å². The highest BCUT2D eigenvalue weighted by Crippen LogP contribution is 2.34. The van der Waals surface area contributed by atoms with Crippen LogP contribution in [-0.4, -0.2) is 19.9 Å². The molecule has 13 aromatic rings. The van der Waals surface area contributed by atoms with Crippen molar-refractivity contribution in [2.24, 2.45) is 0 Å². The number of aryl methyl sites for hydroxylation is 4. The van der Waals surface area contributed by atoms with Crippen LogP contribution in [0, 0.1) is 96.3 Å². The zero-order valence-electron chi connectivity index (χ0n) is 53.4. The van der Waals surface area contributed by atoms with Gasteiger partial charge in [0.05, 0.1) is 11.3 Å². The van der Waals surface area contributed by atoms with Crippen LogP contribution < -0.4 is 35.6 Å². The molecule has 0 spiro atoms. The first-order valence-electron chi connectivity index (χ1n) is 30.3. The van der Waals surface area contributed by atoms with Crippen LogP contribution in [0.3, 0.4) is 0 Å². The van der Waals surface area contributed by atoms with Crippen LogP contribution in [0.2, 0.25) is 15.1 Å². The molecular formula is C78H53Cl3F4N8O7. The summed E-state index contributed by atoms with van der Waals surface area (Å²) < 4.78 is 77.7. The van der Waals surface area contributed by atoms with Gasteiger partial charge in [-0.1, -0.05) is 131 Å². The molecule has 22 heteroatoms. The van der Waals surface area contributed by atoms with Crippen molar-refractivity contribution in [3.05, 3.63) is 318 Å². The third-order valence-corrected chi connectivity index (χ3v) is 17.0. The lowest BCUT2D eigenvalue weighted by molar-refractivity contribution is 0.296. The van der Waals surface area contributed by atoms with Gasteiger partial charge in [0, 0.05) is 74.8 Å². The molecule has 0 aliphatic rings. The Labute approximate surface area is 583 Å². The molecule has 0 atom stereocenters. The monoisotopic (exact) mass is 1390 g/mol. The smallest absolute Gasteiger partial charge is 0.269 e. The number of hydrogen-bond acceptors (Lipinski definition) is 12. The number of rotatable bonds is 13. The molecule has 0 unspecified atom stereocenters. The van der Waals surface area contributed by atoms with E-state index in [1.54, 1.807) is 31.2 Å². The van der Waals surface area contributed by atoms with E-state index in [4.69, 9.17) is 69.5 Å². The minimum atomic E-state index is -0.582.